The molecule has 1 unspecified atom stereocenters. The van der Waals surface area contributed by atoms with Crippen LogP contribution in [0.5, 0.6) is 0 Å². The van der Waals surface area contributed by atoms with Crippen LogP contribution in [0.1, 0.15) is 170 Å². The topological polar surface area (TPSA) is 146 Å². The molecule has 1 heterocycles. The average Bonchev–Trinajstić information content (AvgIpc) is 3.03. The number of hydrogen-bond donors (Lipinski definition) is 5. The van der Waals surface area contributed by atoms with Crippen molar-refractivity contribution in [3.8, 4) is 0 Å². The Bertz CT molecular complexity index is 815. The zero-order valence-corrected chi connectivity index (χ0v) is 32.5. The molecule has 1 aliphatic heterocycles. The van der Waals surface area contributed by atoms with Crippen molar-refractivity contribution in [2.75, 3.05) is 13.2 Å². The van der Waals surface area contributed by atoms with E-state index in [1.54, 1.807) is 0 Å². The van der Waals surface area contributed by atoms with Crippen molar-refractivity contribution >= 4 is 7.82 Å². The molecule has 1 fully saturated rings. The molecule has 10 heteroatoms. The molecule has 48 heavy (non-hydrogen) atoms. The van der Waals surface area contributed by atoms with Crippen LogP contribution in [-0.2, 0) is 18.3 Å². The van der Waals surface area contributed by atoms with Crippen molar-refractivity contribution in [1.29, 1.82) is 0 Å². The lowest BCUT2D eigenvalue weighted by Crippen LogP contribution is -2.58. The Morgan fingerprint density at radius 1 is 0.583 bits per heavy atom. The van der Waals surface area contributed by atoms with Crippen molar-refractivity contribution in [2.45, 2.75) is 201 Å². The third kappa shape index (κ3) is 21.3. The molecule has 0 aromatic rings. The van der Waals surface area contributed by atoms with Gasteiger partial charge in [-0.05, 0) is 42.4 Å². The Morgan fingerprint density at radius 2 is 0.979 bits per heavy atom. The van der Waals surface area contributed by atoms with E-state index in [9.17, 15) is 29.9 Å². The van der Waals surface area contributed by atoms with Crippen molar-refractivity contribution in [2.24, 2.45) is 29.6 Å². The van der Waals surface area contributed by atoms with Crippen LogP contribution < -0.4 is 0 Å². The predicted molar refractivity (Wildman–Crippen MR) is 194 cm³/mol. The Hall–Kier alpha value is -0.0900. The number of unbranched alkanes of at least 4 members (excludes halogenated alkanes) is 4. The lowest BCUT2D eigenvalue weighted by Gasteiger charge is -2.39. The highest BCUT2D eigenvalue weighted by Crippen LogP contribution is 2.46. The van der Waals surface area contributed by atoms with E-state index in [1.807, 2.05) is 0 Å². The zero-order chi connectivity index (χ0) is 36.0. The van der Waals surface area contributed by atoms with Crippen LogP contribution in [0.15, 0.2) is 0 Å². The van der Waals surface area contributed by atoms with Crippen molar-refractivity contribution in [3.63, 3.8) is 0 Å². The van der Waals surface area contributed by atoms with Gasteiger partial charge in [-0.1, -0.05) is 157 Å². The third-order valence-electron chi connectivity index (χ3n) is 10.6. The van der Waals surface area contributed by atoms with E-state index >= 15 is 0 Å². The predicted octanol–water partition coefficient (Wildman–Crippen LogP) is 8.92. The molecule has 0 spiro atoms. The smallest absolute Gasteiger partial charge is 0.394 e. The molecule has 0 aliphatic carbocycles. The largest absolute Gasteiger partial charge is 0.474 e. The molecular weight excluding hydrogens is 631 g/mol. The van der Waals surface area contributed by atoms with Crippen LogP contribution >= 0.6 is 7.82 Å². The van der Waals surface area contributed by atoms with Gasteiger partial charge < -0.3 is 30.1 Å². The Kier molecular flexibility index (Phi) is 25.5. The number of aliphatic hydroxyl groups excluding tert-OH is 4. The molecule has 0 aromatic heterocycles. The van der Waals surface area contributed by atoms with Crippen LogP contribution in [-0.4, -0.2) is 69.2 Å². The highest BCUT2D eigenvalue weighted by Gasteiger charge is 2.46. The maximum Gasteiger partial charge on any atom is 0.474 e. The SMILES string of the molecule is CCCCCCC[C@H](C)CCC[C@H](C)CCC[C@H](C)CCC[C@H](C)CCC[C@H](C)CCCOP(=O)(O)O[C@@H]1O[C@H](CO)[C@@H](O)[C@H](O)[C@@H]1O. The van der Waals surface area contributed by atoms with Crippen LogP contribution in [0.25, 0.3) is 0 Å². The van der Waals surface area contributed by atoms with Gasteiger partial charge in [0.05, 0.1) is 13.2 Å². The summed E-state index contributed by atoms with van der Waals surface area (Å²) >= 11 is 0. The average molecular weight is 709 g/mol. The van der Waals surface area contributed by atoms with E-state index in [-0.39, 0.29) is 6.61 Å². The molecule has 11 atom stereocenters. The van der Waals surface area contributed by atoms with Gasteiger partial charge in [0.25, 0.3) is 0 Å². The van der Waals surface area contributed by atoms with Gasteiger partial charge >= 0.3 is 7.82 Å². The summed E-state index contributed by atoms with van der Waals surface area (Å²) in [5, 5.41) is 38.9. The molecule has 1 aliphatic rings. The van der Waals surface area contributed by atoms with Gasteiger partial charge in [-0.25, -0.2) is 4.57 Å². The van der Waals surface area contributed by atoms with E-state index in [4.69, 9.17) is 13.8 Å². The summed E-state index contributed by atoms with van der Waals surface area (Å²) in [5.74, 6) is 3.77. The fraction of sp³-hybridized carbons (Fsp3) is 1.00. The second kappa shape index (κ2) is 26.7. The summed E-state index contributed by atoms with van der Waals surface area (Å²) in [7, 11) is -4.58. The minimum atomic E-state index is -4.58. The fourth-order valence-corrected chi connectivity index (χ4v) is 7.86. The monoisotopic (exact) mass is 709 g/mol. The number of hydrogen-bond acceptors (Lipinski definition) is 8. The van der Waals surface area contributed by atoms with Gasteiger partial charge in [0.1, 0.15) is 24.4 Å². The Balaban J connectivity index is 2.06. The summed E-state index contributed by atoms with van der Waals surface area (Å²) in [4.78, 5) is 10.0. The first-order valence-corrected chi connectivity index (χ1v) is 21.2. The standard InChI is InChI=1S/C38H77O9P/c1-7-8-9-10-11-17-29(2)18-12-19-30(3)20-13-21-31(4)22-14-23-32(5)24-15-25-33(6)26-16-27-45-48(43,44)47-38-37(42)36(41)35(40)34(28-39)46-38/h29-42H,7-28H2,1-6H3,(H,43,44)/t29-,30-,31-,32-,33-,34+,35+,36-,37-,38-/m0/s1. The van der Waals surface area contributed by atoms with Gasteiger partial charge in [-0.2, -0.15) is 0 Å². The molecule has 0 radical (unpaired) electrons. The maximum atomic E-state index is 12.3. The first-order valence-electron chi connectivity index (χ1n) is 19.8. The molecule has 0 bridgehead atoms. The van der Waals surface area contributed by atoms with Crippen molar-refractivity contribution < 1.29 is 43.7 Å². The minimum absolute atomic E-state index is 0.00161. The lowest BCUT2D eigenvalue weighted by atomic mass is 9.89. The minimum Gasteiger partial charge on any atom is -0.394 e. The molecule has 0 aromatic carbocycles. The Morgan fingerprint density at radius 3 is 1.40 bits per heavy atom. The van der Waals surface area contributed by atoms with Gasteiger partial charge in [-0.3, -0.25) is 9.05 Å². The fourth-order valence-electron chi connectivity index (χ4n) is 7.00. The van der Waals surface area contributed by atoms with E-state index in [0.717, 1.165) is 36.5 Å². The second-order valence-electron chi connectivity index (χ2n) is 15.7. The molecule has 0 saturated carbocycles. The molecule has 9 nitrogen and oxygen atoms in total. The lowest BCUT2D eigenvalue weighted by molar-refractivity contribution is -0.281. The van der Waals surface area contributed by atoms with Crippen LogP contribution in [0.3, 0.4) is 0 Å². The van der Waals surface area contributed by atoms with E-state index < -0.39 is 45.1 Å². The van der Waals surface area contributed by atoms with Crippen molar-refractivity contribution in [3.05, 3.63) is 0 Å². The van der Waals surface area contributed by atoms with E-state index in [1.165, 1.54) is 109 Å². The van der Waals surface area contributed by atoms with E-state index in [0.29, 0.717) is 12.3 Å². The number of ether oxygens (including phenoxy) is 1. The summed E-state index contributed by atoms with van der Waals surface area (Å²) in [6, 6.07) is 0. The van der Waals surface area contributed by atoms with Crippen LogP contribution in [0.2, 0.25) is 0 Å². The molecule has 1 rings (SSSR count). The highest BCUT2D eigenvalue weighted by molar-refractivity contribution is 7.47. The third-order valence-corrected chi connectivity index (χ3v) is 11.5. The highest BCUT2D eigenvalue weighted by atomic mass is 31.2. The first kappa shape index (κ1) is 45.9. The molecule has 288 valence electrons. The Labute approximate surface area is 294 Å². The summed E-state index contributed by atoms with van der Waals surface area (Å²) in [6.45, 7) is 13.5. The van der Waals surface area contributed by atoms with Gasteiger partial charge in [-0.15, -0.1) is 0 Å². The second-order valence-corrected chi connectivity index (χ2v) is 17.1. The zero-order valence-electron chi connectivity index (χ0n) is 31.6. The number of aliphatic hydroxyl groups is 4. The van der Waals surface area contributed by atoms with Crippen molar-refractivity contribution in [1.82, 2.24) is 0 Å². The van der Waals surface area contributed by atoms with Crippen LogP contribution in [0, 0.1) is 29.6 Å². The molecule has 5 N–H and O–H groups in total. The normalized spacial score (nSPS) is 26.1. The van der Waals surface area contributed by atoms with Crippen LogP contribution in [0.4, 0.5) is 0 Å². The number of phosphoric acid groups is 1. The number of rotatable bonds is 30. The van der Waals surface area contributed by atoms with Gasteiger partial charge in [0.2, 0.25) is 0 Å². The molecule has 1 saturated heterocycles. The van der Waals surface area contributed by atoms with Gasteiger partial charge in [0, 0.05) is 0 Å². The summed E-state index contributed by atoms with van der Waals surface area (Å²) in [5.41, 5.74) is 0. The van der Waals surface area contributed by atoms with E-state index in [2.05, 4.69) is 41.5 Å². The molecular formula is C38H77O9P. The summed E-state index contributed by atoms with van der Waals surface area (Å²) < 4.78 is 27.4. The maximum absolute atomic E-state index is 12.3. The molecule has 0 amide bonds. The first-order chi connectivity index (χ1) is 22.8. The number of phosphoric ester groups is 1. The summed E-state index contributed by atoms with van der Waals surface area (Å²) in [6.07, 6.45) is 17.6. The van der Waals surface area contributed by atoms with Gasteiger partial charge in [0.15, 0.2) is 6.29 Å². The quantitative estimate of drug-likeness (QED) is 0.0365.